The van der Waals surface area contributed by atoms with Crippen molar-refractivity contribution < 1.29 is 14.3 Å². The molecule has 1 fully saturated rings. The van der Waals surface area contributed by atoms with Gasteiger partial charge in [-0.25, -0.2) is 9.37 Å². The van der Waals surface area contributed by atoms with Gasteiger partial charge in [0.05, 0.1) is 18.1 Å². The second-order valence-corrected chi connectivity index (χ2v) is 10.1. The quantitative estimate of drug-likeness (QED) is 0.362. The van der Waals surface area contributed by atoms with Crippen LogP contribution in [0.25, 0.3) is 16.7 Å². The summed E-state index contributed by atoms with van der Waals surface area (Å²) in [6.07, 6.45) is 6.47. The van der Waals surface area contributed by atoms with Gasteiger partial charge in [0.2, 0.25) is 5.95 Å². The molecule has 0 bridgehead atoms. The molecule has 0 unspecified atom stereocenters. The molecule has 1 aliphatic heterocycles. The number of hydrogen-bond donors (Lipinski definition) is 2. The van der Waals surface area contributed by atoms with Gasteiger partial charge in [0, 0.05) is 30.4 Å². The van der Waals surface area contributed by atoms with Crippen LogP contribution >= 0.6 is 11.6 Å². The molecule has 1 aliphatic carbocycles. The molecule has 36 heavy (non-hydrogen) atoms. The van der Waals surface area contributed by atoms with E-state index in [1.54, 1.807) is 16.8 Å². The van der Waals surface area contributed by atoms with Gasteiger partial charge in [-0.3, -0.25) is 9.36 Å². The Kier molecular flexibility index (Phi) is 5.65. The van der Waals surface area contributed by atoms with Gasteiger partial charge in [0.15, 0.2) is 5.82 Å². The van der Waals surface area contributed by atoms with Crippen LogP contribution in [0.5, 0.6) is 0 Å². The number of carbonyl (C=O) groups is 1. The number of rotatable bonds is 6. The first kappa shape index (κ1) is 22.9. The summed E-state index contributed by atoms with van der Waals surface area (Å²) in [5, 5.41) is 13.6. The largest absolute Gasteiger partial charge is 0.481 e. The van der Waals surface area contributed by atoms with Gasteiger partial charge >= 0.3 is 5.97 Å². The molecule has 1 saturated carbocycles. The Balaban J connectivity index is 1.40. The fraction of sp³-hybridized carbons (Fsp3) is 0.296. The summed E-state index contributed by atoms with van der Waals surface area (Å²) in [6, 6.07) is 8.63. The van der Waals surface area contributed by atoms with Crippen molar-refractivity contribution in [3.05, 3.63) is 75.8 Å². The molecular formula is C27H25ClFN5O2. The van der Waals surface area contributed by atoms with Gasteiger partial charge in [-0.1, -0.05) is 11.6 Å². The number of aromatic nitrogens is 3. The van der Waals surface area contributed by atoms with Crippen LogP contribution in [0.3, 0.4) is 0 Å². The highest BCUT2D eigenvalue weighted by Crippen LogP contribution is 2.44. The highest BCUT2D eigenvalue weighted by molar-refractivity contribution is 6.32. The average Bonchev–Trinajstić information content (AvgIpc) is 3.62. The molecule has 2 N–H and O–H groups in total. The molecule has 6 rings (SSSR count). The molecule has 184 valence electrons. The van der Waals surface area contributed by atoms with Gasteiger partial charge in [-0.05, 0) is 84.8 Å². The standard InChI is InChI=1S/C27H25ClFN5O2/c1-33-7-6-20-16(13-33)8-19(11-22(20)15-2-3-15)31-27-30-12-23(28)26(32-27)34-14-17(9-25(35)36)21-5-4-18(29)10-24(21)34/h4-5,8,10-12,14-15H,2-3,6-7,9,13H2,1H3,(H,35,36)(H,30,31,32). The molecule has 0 spiro atoms. The van der Waals surface area contributed by atoms with E-state index in [1.165, 1.54) is 47.9 Å². The molecule has 0 saturated heterocycles. The van der Waals surface area contributed by atoms with Crippen molar-refractivity contribution in [2.24, 2.45) is 0 Å². The van der Waals surface area contributed by atoms with Crippen LogP contribution in [0.15, 0.2) is 42.7 Å². The molecule has 0 radical (unpaired) electrons. The van der Waals surface area contributed by atoms with E-state index in [-0.39, 0.29) is 11.4 Å². The first-order valence-corrected chi connectivity index (χ1v) is 12.4. The molecule has 2 aromatic heterocycles. The summed E-state index contributed by atoms with van der Waals surface area (Å²) in [4.78, 5) is 22.8. The summed E-state index contributed by atoms with van der Waals surface area (Å²) in [6.45, 7) is 1.98. The van der Waals surface area contributed by atoms with Crippen molar-refractivity contribution in [2.75, 3.05) is 18.9 Å². The van der Waals surface area contributed by atoms with Crippen molar-refractivity contribution in [3.63, 3.8) is 0 Å². The van der Waals surface area contributed by atoms with Crippen LogP contribution in [0.4, 0.5) is 16.0 Å². The Labute approximate surface area is 212 Å². The van der Waals surface area contributed by atoms with E-state index in [9.17, 15) is 14.3 Å². The van der Waals surface area contributed by atoms with E-state index in [0.717, 1.165) is 25.2 Å². The number of hydrogen-bond acceptors (Lipinski definition) is 5. The average molecular weight is 506 g/mol. The van der Waals surface area contributed by atoms with Crippen molar-refractivity contribution >= 4 is 40.1 Å². The summed E-state index contributed by atoms with van der Waals surface area (Å²) in [5.41, 5.74) is 6.19. The number of carboxylic acid groups (broad SMARTS) is 1. The SMILES string of the molecule is CN1CCc2c(cc(Nc3ncc(Cl)c(-n4cc(CC(=O)O)c5ccc(F)cc54)n3)cc2C2CC2)C1. The fourth-order valence-corrected chi connectivity index (χ4v) is 5.35. The number of aliphatic carboxylic acids is 1. The third-order valence-electron chi connectivity index (χ3n) is 6.98. The van der Waals surface area contributed by atoms with Crippen LogP contribution in [0.2, 0.25) is 5.02 Å². The fourth-order valence-electron chi connectivity index (χ4n) is 5.17. The van der Waals surface area contributed by atoms with Crippen LogP contribution in [-0.2, 0) is 24.2 Å². The van der Waals surface area contributed by atoms with Gasteiger partial charge in [0.25, 0.3) is 0 Å². The van der Waals surface area contributed by atoms with E-state index in [1.807, 2.05) is 0 Å². The molecule has 9 heteroatoms. The van der Waals surface area contributed by atoms with Gasteiger partial charge in [-0.2, -0.15) is 4.98 Å². The van der Waals surface area contributed by atoms with Crippen molar-refractivity contribution in [3.8, 4) is 5.82 Å². The molecule has 0 atom stereocenters. The van der Waals surface area contributed by atoms with E-state index in [4.69, 9.17) is 11.6 Å². The van der Waals surface area contributed by atoms with Crippen LogP contribution in [-0.4, -0.2) is 44.1 Å². The van der Waals surface area contributed by atoms with Gasteiger partial charge in [-0.15, -0.1) is 0 Å². The maximum atomic E-state index is 14.1. The van der Waals surface area contributed by atoms with Gasteiger partial charge < -0.3 is 15.3 Å². The monoisotopic (exact) mass is 505 g/mol. The predicted octanol–water partition coefficient (Wildman–Crippen LogP) is 5.45. The number of halogens is 2. The van der Waals surface area contributed by atoms with Gasteiger partial charge in [0.1, 0.15) is 10.8 Å². The third kappa shape index (κ3) is 4.31. The lowest BCUT2D eigenvalue weighted by Gasteiger charge is -2.28. The molecule has 2 aromatic carbocycles. The lowest BCUT2D eigenvalue weighted by Crippen LogP contribution is -2.27. The zero-order valence-corrected chi connectivity index (χ0v) is 20.5. The molecule has 3 heterocycles. The highest BCUT2D eigenvalue weighted by atomic mass is 35.5. The van der Waals surface area contributed by atoms with E-state index in [0.29, 0.717) is 34.2 Å². The third-order valence-corrected chi connectivity index (χ3v) is 7.25. The second-order valence-electron chi connectivity index (χ2n) is 9.71. The number of nitrogens with one attached hydrogen (secondary N) is 1. The van der Waals surface area contributed by atoms with Crippen molar-refractivity contribution in [1.82, 2.24) is 19.4 Å². The zero-order valence-electron chi connectivity index (χ0n) is 19.8. The van der Waals surface area contributed by atoms with Crippen molar-refractivity contribution in [1.29, 1.82) is 0 Å². The van der Waals surface area contributed by atoms with Crippen LogP contribution in [0.1, 0.15) is 41.0 Å². The molecule has 4 aromatic rings. The number of fused-ring (bicyclic) bond motifs is 2. The minimum absolute atomic E-state index is 0.198. The summed E-state index contributed by atoms with van der Waals surface area (Å²) in [5.74, 6) is -0.0721. The molecule has 7 nitrogen and oxygen atoms in total. The summed E-state index contributed by atoms with van der Waals surface area (Å²) < 4.78 is 15.8. The minimum atomic E-state index is -0.973. The molecular weight excluding hydrogens is 481 g/mol. The zero-order chi connectivity index (χ0) is 25.0. The van der Waals surface area contributed by atoms with E-state index >= 15 is 0 Å². The number of anilines is 2. The Morgan fingerprint density at radius 2 is 2.11 bits per heavy atom. The first-order chi connectivity index (χ1) is 17.4. The number of nitrogens with zero attached hydrogens (tertiary/aromatic N) is 4. The number of benzene rings is 2. The number of carboxylic acids is 1. The lowest BCUT2D eigenvalue weighted by molar-refractivity contribution is -0.136. The Morgan fingerprint density at radius 3 is 2.89 bits per heavy atom. The number of likely N-dealkylation sites (N-methyl/N-ethyl adjacent to an activating group) is 1. The Hall–Kier alpha value is -3.49. The van der Waals surface area contributed by atoms with E-state index in [2.05, 4.69) is 39.4 Å². The second kappa shape index (κ2) is 8.87. The smallest absolute Gasteiger partial charge is 0.307 e. The maximum absolute atomic E-state index is 14.1. The Morgan fingerprint density at radius 1 is 1.28 bits per heavy atom. The summed E-state index contributed by atoms with van der Waals surface area (Å²) >= 11 is 6.49. The normalized spacial score (nSPS) is 15.8. The van der Waals surface area contributed by atoms with Crippen LogP contribution < -0.4 is 5.32 Å². The van der Waals surface area contributed by atoms with E-state index < -0.39 is 11.8 Å². The maximum Gasteiger partial charge on any atom is 0.307 e. The highest BCUT2D eigenvalue weighted by Gasteiger charge is 2.29. The molecule has 2 aliphatic rings. The first-order valence-electron chi connectivity index (χ1n) is 12.0. The summed E-state index contributed by atoms with van der Waals surface area (Å²) in [7, 11) is 2.14. The van der Waals surface area contributed by atoms with Crippen LogP contribution in [0, 0.1) is 5.82 Å². The predicted molar refractivity (Wildman–Crippen MR) is 137 cm³/mol. The topological polar surface area (TPSA) is 83.3 Å². The lowest BCUT2D eigenvalue weighted by atomic mass is 9.91. The Bertz CT molecular complexity index is 1510. The minimum Gasteiger partial charge on any atom is -0.481 e. The molecule has 0 amide bonds. The van der Waals surface area contributed by atoms with Crippen molar-refractivity contribution in [2.45, 2.75) is 38.1 Å².